The number of benzene rings is 2. The molecule has 2 aromatic carbocycles. The van der Waals surface area contributed by atoms with Gasteiger partial charge in [-0.05, 0) is 24.6 Å². The topological polar surface area (TPSA) is 72.2 Å². The van der Waals surface area contributed by atoms with Crippen LogP contribution in [0.2, 0.25) is 5.02 Å². The van der Waals surface area contributed by atoms with E-state index in [1.54, 1.807) is 6.92 Å². The predicted molar refractivity (Wildman–Crippen MR) is 81.6 cm³/mol. The summed E-state index contributed by atoms with van der Waals surface area (Å²) < 4.78 is 13.6. The Kier molecular flexibility index (Phi) is 4.72. The molecular weight excluding hydrogens is 311 g/mol. The van der Waals surface area contributed by atoms with Gasteiger partial charge in [-0.25, -0.2) is 4.39 Å². The second kappa shape index (κ2) is 6.53. The minimum absolute atomic E-state index is 0.0877. The van der Waals surface area contributed by atoms with Crippen molar-refractivity contribution in [2.75, 3.05) is 5.32 Å². The first-order valence-corrected chi connectivity index (χ1v) is 6.74. The Hall–Kier alpha value is -2.47. The lowest BCUT2D eigenvalue weighted by atomic mass is 10.1. The summed E-state index contributed by atoms with van der Waals surface area (Å²) in [4.78, 5) is 22.2. The highest BCUT2D eigenvalue weighted by molar-refractivity contribution is 6.31. The highest BCUT2D eigenvalue weighted by atomic mass is 35.5. The molecule has 0 saturated carbocycles. The van der Waals surface area contributed by atoms with E-state index in [1.165, 1.54) is 36.4 Å². The monoisotopic (exact) mass is 322 g/mol. The maximum Gasteiger partial charge on any atom is 0.271 e. The number of nitrogens with zero attached hydrogens (tertiary/aromatic N) is 1. The number of halogens is 2. The van der Waals surface area contributed by atoms with E-state index in [9.17, 15) is 19.3 Å². The van der Waals surface area contributed by atoms with Gasteiger partial charge in [-0.2, -0.15) is 0 Å². The van der Waals surface area contributed by atoms with Crippen LogP contribution in [-0.4, -0.2) is 10.8 Å². The Morgan fingerprint density at radius 1 is 1.36 bits per heavy atom. The second-order valence-electron chi connectivity index (χ2n) is 4.68. The molecule has 0 bridgehead atoms. The van der Waals surface area contributed by atoms with Gasteiger partial charge in [0.15, 0.2) is 0 Å². The first kappa shape index (κ1) is 15.9. The summed E-state index contributed by atoms with van der Waals surface area (Å²) in [6.45, 7) is 1.70. The first-order chi connectivity index (χ1) is 10.4. The van der Waals surface area contributed by atoms with Crippen LogP contribution in [0.3, 0.4) is 0 Å². The quantitative estimate of drug-likeness (QED) is 0.686. The van der Waals surface area contributed by atoms with Gasteiger partial charge < -0.3 is 5.32 Å². The van der Waals surface area contributed by atoms with E-state index in [2.05, 4.69) is 5.32 Å². The van der Waals surface area contributed by atoms with Crippen LogP contribution in [-0.2, 0) is 11.2 Å². The van der Waals surface area contributed by atoms with E-state index in [4.69, 9.17) is 11.6 Å². The van der Waals surface area contributed by atoms with E-state index >= 15 is 0 Å². The zero-order chi connectivity index (χ0) is 16.3. The van der Waals surface area contributed by atoms with Crippen LogP contribution in [0.5, 0.6) is 0 Å². The summed E-state index contributed by atoms with van der Waals surface area (Å²) in [5, 5.41) is 13.5. The van der Waals surface area contributed by atoms with Gasteiger partial charge in [0.25, 0.3) is 5.69 Å². The molecule has 0 spiro atoms. The largest absolute Gasteiger partial charge is 0.325 e. The van der Waals surface area contributed by atoms with Crippen molar-refractivity contribution in [3.05, 3.63) is 68.5 Å². The lowest BCUT2D eigenvalue weighted by molar-refractivity contribution is -0.384. The molecule has 0 unspecified atom stereocenters. The normalized spacial score (nSPS) is 10.3. The van der Waals surface area contributed by atoms with E-state index < -0.39 is 16.6 Å². The average Bonchev–Trinajstić information content (AvgIpc) is 2.45. The summed E-state index contributed by atoms with van der Waals surface area (Å²) in [6, 6.07) is 8.29. The molecule has 0 aromatic heterocycles. The minimum atomic E-state index is -0.571. The Bertz CT molecular complexity index is 729. The highest BCUT2D eigenvalue weighted by Gasteiger charge is 2.14. The van der Waals surface area contributed by atoms with Crippen LogP contribution in [0.15, 0.2) is 36.4 Å². The van der Waals surface area contributed by atoms with Gasteiger partial charge in [-0.15, -0.1) is 0 Å². The second-order valence-corrected chi connectivity index (χ2v) is 5.09. The molecule has 22 heavy (non-hydrogen) atoms. The number of carbonyl (C=O) groups excluding carboxylic acids is 1. The third-order valence-electron chi connectivity index (χ3n) is 3.11. The van der Waals surface area contributed by atoms with Crippen molar-refractivity contribution in [3.63, 3.8) is 0 Å². The molecule has 1 amide bonds. The molecule has 0 heterocycles. The molecule has 2 rings (SSSR count). The number of amides is 1. The van der Waals surface area contributed by atoms with Gasteiger partial charge in [0, 0.05) is 22.7 Å². The zero-order valence-corrected chi connectivity index (χ0v) is 12.4. The van der Waals surface area contributed by atoms with Crippen LogP contribution < -0.4 is 5.32 Å². The lowest BCUT2D eigenvalue weighted by Gasteiger charge is -2.09. The van der Waals surface area contributed by atoms with E-state index in [1.807, 2.05) is 0 Å². The molecule has 2 aromatic rings. The fourth-order valence-corrected chi connectivity index (χ4v) is 2.14. The van der Waals surface area contributed by atoms with Crippen molar-refractivity contribution in [3.8, 4) is 0 Å². The van der Waals surface area contributed by atoms with Crippen molar-refractivity contribution < 1.29 is 14.1 Å². The number of rotatable bonds is 4. The molecule has 0 saturated heterocycles. The number of carbonyl (C=O) groups is 1. The number of aryl methyl sites for hydroxylation is 1. The third-order valence-corrected chi connectivity index (χ3v) is 3.46. The van der Waals surface area contributed by atoms with Crippen molar-refractivity contribution >= 4 is 28.9 Å². The molecule has 114 valence electrons. The van der Waals surface area contributed by atoms with Gasteiger partial charge in [-0.3, -0.25) is 14.9 Å². The van der Waals surface area contributed by atoms with Gasteiger partial charge in [0.05, 0.1) is 17.0 Å². The number of hydrogen-bond donors (Lipinski definition) is 1. The van der Waals surface area contributed by atoms with Gasteiger partial charge in [-0.1, -0.05) is 23.7 Å². The number of nitro groups is 1. The molecule has 7 heteroatoms. The lowest BCUT2D eigenvalue weighted by Crippen LogP contribution is -2.16. The summed E-state index contributed by atoms with van der Waals surface area (Å²) in [5.41, 5.74) is 0.930. The number of nitrogens with one attached hydrogen (secondary N) is 1. The van der Waals surface area contributed by atoms with Crippen LogP contribution >= 0.6 is 11.6 Å². The van der Waals surface area contributed by atoms with Crippen LogP contribution in [0.1, 0.15) is 11.1 Å². The number of hydrogen-bond acceptors (Lipinski definition) is 3. The zero-order valence-electron chi connectivity index (χ0n) is 11.6. The van der Waals surface area contributed by atoms with Crippen molar-refractivity contribution in [2.45, 2.75) is 13.3 Å². The fourth-order valence-electron chi connectivity index (χ4n) is 1.91. The molecular formula is C15H12ClFN2O3. The summed E-state index contributed by atoms with van der Waals surface area (Å²) in [5.74, 6) is -1.07. The maximum atomic E-state index is 13.6. The number of anilines is 1. The average molecular weight is 323 g/mol. The maximum absolute atomic E-state index is 13.6. The third kappa shape index (κ3) is 3.59. The molecule has 0 atom stereocenters. The molecule has 0 fully saturated rings. The summed E-state index contributed by atoms with van der Waals surface area (Å²) in [7, 11) is 0. The van der Waals surface area contributed by atoms with Crippen LogP contribution in [0.4, 0.5) is 15.8 Å². The summed E-state index contributed by atoms with van der Waals surface area (Å²) >= 11 is 5.87. The minimum Gasteiger partial charge on any atom is -0.325 e. The van der Waals surface area contributed by atoms with Gasteiger partial charge in [0.2, 0.25) is 5.91 Å². The van der Waals surface area contributed by atoms with E-state index in [0.717, 1.165) is 0 Å². The van der Waals surface area contributed by atoms with Crippen LogP contribution in [0, 0.1) is 22.9 Å². The highest BCUT2D eigenvalue weighted by Crippen LogP contribution is 2.23. The molecule has 0 aliphatic rings. The molecule has 0 aliphatic carbocycles. The molecule has 0 aliphatic heterocycles. The number of nitro benzene ring substituents is 1. The SMILES string of the molecule is Cc1ccc([N+](=O)[O-])cc1NC(=O)Cc1c(F)cccc1Cl. The standard InChI is InChI=1S/C15H12ClFN2O3/c1-9-5-6-10(19(21)22)7-14(9)18-15(20)8-11-12(16)3-2-4-13(11)17/h2-7H,8H2,1H3,(H,18,20). The Balaban J connectivity index is 2.19. The van der Waals surface area contributed by atoms with E-state index in [0.29, 0.717) is 11.3 Å². The fraction of sp³-hybridized carbons (Fsp3) is 0.133. The van der Waals surface area contributed by atoms with Crippen molar-refractivity contribution in [1.29, 1.82) is 0 Å². The van der Waals surface area contributed by atoms with Crippen molar-refractivity contribution in [1.82, 2.24) is 0 Å². The Morgan fingerprint density at radius 3 is 2.73 bits per heavy atom. The molecule has 0 radical (unpaired) electrons. The van der Waals surface area contributed by atoms with E-state index in [-0.39, 0.29) is 22.7 Å². The van der Waals surface area contributed by atoms with Gasteiger partial charge in [0.1, 0.15) is 5.82 Å². The number of non-ortho nitro benzene ring substituents is 1. The molecule has 1 N–H and O–H groups in total. The van der Waals surface area contributed by atoms with Gasteiger partial charge >= 0.3 is 0 Å². The summed E-state index contributed by atoms with van der Waals surface area (Å²) in [6.07, 6.45) is -0.256. The van der Waals surface area contributed by atoms with Crippen molar-refractivity contribution in [2.24, 2.45) is 0 Å². The molecule has 5 nitrogen and oxygen atoms in total. The smallest absolute Gasteiger partial charge is 0.271 e. The van der Waals surface area contributed by atoms with Crippen LogP contribution in [0.25, 0.3) is 0 Å². The first-order valence-electron chi connectivity index (χ1n) is 6.36. The Morgan fingerprint density at radius 2 is 2.09 bits per heavy atom. The predicted octanol–water partition coefficient (Wildman–Crippen LogP) is 3.88. The Labute approximate surface area is 130 Å².